The van der Waals surface area contributed by atoms with E-state index in [-0.39, 0.29) is 10.8 Å². The van der Waals surface area contributed by atoms with Gasteiger partial charge in [-0.25, -0.2) is 0 Å². The van der Waals surface area contributed by atoms with Gasteiger partial charge < -0.3 is 19.7 Å². The lowest BCUT2D eigenvalue weighted by atomic mass is 9.59. The maximum atomic E-state index is 7.80. The van der Waals surface area contributed by atoms with Crippen molar-refractivity contribution in [3.63, 3.8) is 0 Å². The molecule has 0 radical (unpaired) electrons. The molecule has 14 rings (SSSR count). The maximum absolute atomic E-state index is 7.80. The number of anilines is 2. The Morgan fingerprint density at radius 3 is 1.54 bits per heavy atom. The molecule has 9 aromatic carbocycles. The van der Waals surface area contributed by atoms with Crippen LogP contribution in [-0.4, -0.2) is 23.8 Å². The Balaban J connectivity index is 0.785. The zero-order valence-electron chi connectivity index (χ0n) is 40.5. The summed E-state index contributed by atoms with van der Waals surface area (Å²) in [5.74, 6) is 1.79. The Kier molecular flexibility index (Phi) is 9.75. The van der Waals surface area contributed by atoms with Crippen LogP contribution in [0.25, 0.3) is 43.1 Å². The van der Waals surface area contributed by atoms with Crippen LogP contribution in [0.4, 0.5) is 22.7 Å². The van der Waals surface area contributed by atoms with Crippen LogP contribution in [0.5, 0.6) is 11.5 Å². The van der Waals surface area contributed by atoms with Gasteiger partial charge in [0.2, 0.25) is 5.72 Å². The normalized spacial score (nSPS) is 21.6. The Bertz CT molecular complexity index is 3640. The fourth-order valence-corrected chi connectivity index (χ4v) is 14.1. The number of ether oxygens (including phenoxy) is 2. The Hall–Kier alpha value is -7.44. The quantitative estimate of drug-likeness (QED) is 0.162. The van der Waals surface area contributed by atoms with Gasteiger partial charge in [0.1, 0.15) is 11.4 Å². The summed E-state index contributed by atoms with van der Waals surface area (Å²) in [7, 11) is 0. The summed E-state index contributed by atoms with van der Waals surface area (Å²) >= 11 is 0. The van der Waals surface area contributed by atoms with Crippen LogP contribution in [0.15, 0.2) is 180 Å². The van der Waals surface area contributed by atoms with E-state index in [1.807, 2.05) is 0 Å². The number of para-hydroxylation sites is 2. The van der Waals surface area contributed by atoms with Crippen LogP contribution >= 0.6 is 0 Å². The summed E-state index contributed by atoms with van der Waals surface area (Å²) in [5.41, 5.74) is 7.47. The minimum absolute atomic E-state index is 0.236. The van der Waals surface area contributed by atoms with E-state index in [9.17, 15) is 0 Å². The monoisotopic (exact) mass is 926 g/mol. The molecular formula is C65H58N4O2. The molecule has 9 aromatic rings. The van der Waals surface area contributed by atoms with Crippen LogP contribution in [-0.2, 0) is 23.9 Å². The van der Waals surface area contributed by atoms with Gasteiger partial charge in [0, 0.05) is 57.6 Å². The van der Waals surface area contributed by atoms with Gasteiger partial charge in [-0.15, -0.1) is 0 Å². The number of hydrogen-bond donors (Lipinski definition) is 1. The highest BCUT2D eigenvalue weighted by atomic mass is 16.5. The first kappa shape index (κ1) is 42.4. The third-order valence-electron chi connectivity index (χ3n) is 17.5. The lowest BCUT2D eigenvalue weighted by molar-refractivity contribution is 0.0364. The number of aliphatic imine (C=N–C) groups is 2. The Morgan fingerprint density at radius 1 is 0.451 bits per heavy atom. The van der Waals surface area contributed by atoms with E-state index in [2.05, 4.69) is 199 Å². The maximum Gasteiger partial charge on any atom is 0.229 e. The predicted octanol–water partition coefficient (Wildman–Crippen LogP) is 16.4. The SMILES string of the molecule is CC1(C2(c3ccccc3NCc3ccc(CN4c5ccccc5C5(CCCCC5)C45C=Nc4c(c6ccccc6c6ccccc46)O5)cc3)CCCCC2)C=Nc2c(c3ccccc3c3ccccc23)O1. The molecule has 2 saturated carbocycles. The minimum Gasteiger partial charge on any atom is -0.478 e. The van der Waals surface area contributed by atoms with Gasteiger partial charge >= 0.3 is 0 Å². The van der Waals surface area contributed by atoms with Gasteiger partial charge in [-0.2, -0.15) is 0 Å². The molecule has 2 fully saturated rings. The number of nitrogens with one attached hydrogen (secondary N) is 1. The van der Waals surface area contributed by atoms with Crippen LogP contribution < -0.4 is 19.7 Å². The molecule has 0 saturated heterocycles. The molecule has 6 heteroatoms. The molecular weight excluding hydrogens is 869 g/mol. The van der Waals surface area contributed by atoms with Crippen molar-refractivity contribution in [2.24, 2.45) is 9.98 Å². The van der Waals surface area contributed by atoms with E-state index in [0.29, 0.717) is 13.1 Å². The number of nitrogens with zero attached hydrogens (tertiary/aromatic N) is 3. The largest absolute Gasteiger partial charge is 0.478 e. The second-order valence-corrected chi connectivity index (χ2v) is 21.2. The average molecular weight is 927 g/mol. The van der Waals surface area contributed by atoms with E-state index in [4.69, 9.17) is 19.5 Å². The summed E-state index contributed by atoms with van der Waals surface area (Å²) in [5, 5.41) is 13.3. The molecule has 3 aliphatic heterocycles. The van der Waals surface area contributed by atoms with Crippen LogP contribution in [0.1, 0.15) is 93.4 Å². The van der Waals surface area contributed by atoms with Gasteiger partial charge in [-0.05, 0) is 88.5 Å². The molecule has 2 unspecified atom stereocenters. The van der Waals surface area contributed by atoms with Crippen molar-refractivity contribution in [1.82, 2.24) is 0 Å². The van der Waals surface area contributed by atoms with Crippen molar-refractivity contribution in [3.05, 3.63) is 192 Å². The smallest absolute Gasteiger partial charge is 0.229 e. The van der Waals surface area contributed by atoms with Crippen molar-refractivity contribution >= 4 is 78.3 Å². The highest BCUT2D eigenvalue weighted by molar-refractivity contribution is 6.18. The van der Waals surface area contributed by atoms with E-state index >= 15 is 0 Å². The molecule has 2 atom stereocenters. The van der Waals surface area contributed by atoms with Crippen molar-refractivity contribution in [1.29, 1.82) is 0 Å². The molecule has 2 aliphatic carbocycles. The first-order valence-corrected chi connectivity index (χ1v) is 26.1. The summed E-state index contributed by atoms with van der Waals surface area (Å²) in [6, 6.07) is 62.0. The lowest BCUT2D eigenvalue weighted by Gasteiger charge is -2.51. The van der Waals surface area contributed by atoms with Gasteiger partial charge in [0.15, 0.2) is 17.1 Å². The molecule has 5 aliphatic rings. The molecule has 0 bridgehead atoms. The fourth-order valence-electron chi connectivity index (χ4n) is 14.1. The molecule has 71 heavy (non-hydrogen) atoms. The lowest BCUT2D eigenvalue weighted by Crippen LogP contribution is -2.64. The fraction of sp³-hybridized carbons (Fsp3) is 0.262. The molecule has 3 heterocycles. The molecule has 350 valence electrons. The second-order valence-electron chi connectivity index (χ2n) is 21.2. The van der Waals surface area contributed by atoms with Crippen molar-refractivity contribution in [3.8, 4) is 11.5 Å². The molecule has 1 N–H and O–H groups in total. The summed E-state index contributed by atoms with van der Waals surface area (Å²) < 4.78 is 15.3. The summed E-state index contributed by atoms with van der Waals surface area (Å²) in [4.78, 5) is 13.4. The third kappa shape index (κ3) is 6.25. The second kappa shape index (κ2) is 16.3. The number of benzene rings is 9. The third-order valence-corrected chi connectivity index (χ3v) is 17.5. The number of fused-ring (bicyclic) bond motifs is 15. The number of hydrogen-bond acceptors (Lipinski definition) is 6. The highest BCUT2D eigenvalue weighted by Gasteiger charge is 2.64. The van der Waals surface area contributed by atoms with Gasteiger partial charge in [-0.1, -0.05) is 196 Å². The first-order valence-electron chi connectivity index (χ1n) is 26.1. The van der Waals surface area contributed by atoms with Crippen LogP contribution in [0.3, 0.4) is 0 Å². The molecule has 0 aromatic heterocycles. The van der Waals surface area contributed by atoms with E-state index in [1.165, 1.54) is 75.2 Å². The van der Waals surface area contributed by atoms with Crippen LogP contribution in [0.2, 0.25) is 0 Å². The topological polar surface area (TPSA) is 58.5 Å². The average Bonchev–Trinajstić information content (AvgIpc) is 3.64. The predicted molar refractivity (Wildman–Crippen MR) is 294 cm³/mol. The first-order chi connectivity index (χ1) is 35.0. The molecule has 0 amide bonds. The van der Waals surface area contributed by atoms with Crippen molar-refractivity contribution in [2.45, 2.75) is 106 Å². The zero-order chi connectivity index (χ0) is 47.2. The Morgan fingerprint density at radius 2 is 0.915 bits per heavy atom. The zero-order valence-corrected chi connectivity index (χ0v) is 40.5. The summed E-state index contributed by atoms with van der Waals surface area (Å²) in [6.45, 7) is 3.68. The van der Waals surface area contributed by atoms with Gasteiger partial charge in [-0.3, -0.25) is 9.98 Å². The summed E-state index contributed by atoms with van der Waals surface area (Å²) in [6.07, 6.45) is 15.6. The van der Waals surface area contributed by atoms with Crippen molar-refractivity contribution in [2.75, 3.05) is 10.2 Å². The Labute approximate surface area is 416 Å². The van der Waals surface area contributed by atoms with Crippen molar-refractivity contribution < 1.29 is 9.47 Å². The van der Waals surface area contributed by atoms with E-state index in [1.54, 1.807) is 0 Å². The van der Waals surface area contributed by atoms with Gasteiger partial charge in [0.25, 0.3) is 0 Å². The molecule has 2 spiro atoms. The number of rotatable bonds is 7. The minimum atomic E-state index is -0.791. The van der Waals surface area contributed by atoms with Gasteiger partial charge in [0.05, 0.1) is 11.6 Å². The van der Waals surface area contributed by atoms with E-state index < -0.39 is 11.3 Å². The standard InChI is InChI=1S/C65H58N4O2/c1-62(42-67-58-50-24-8-4-20-46(50)48-22-6-10-26-52(48)60(58)70-62)63(36-16-2-17-37-63)54-28-12-14-30-56(54)66-40-44-32-34-45(35-33-44)41-69-57-31-15-13-29-55(57)64(38-18-3-19-39-64)65(69)43-68-59-51-25-9-5-21-47(51)49-23-7-11-27-53(49)61(59)71-65/h4-15,20-35,42-43,66H,2-3,16-19,36-41H2,1H3. The highest BCUT2D eigenvalue weighted by Crippen LogP contribution is 2.62. The van der Waals surface area contributed by atoms with Crippen LogP contribution in [0, 0.1) is 0 Å². The molecule has 6 nitrogen and oxygen atoms in total. The van der Waals surface area contributed by atoms with E-state index in [0.717, 1.165) is 88.6 Å².